The summed E-state index contributed by atoms with van der Waals surface area (Å²) in [4.78, 5) is 10.8. The molecule has 0 bridgehead atoms. The Hall–Kier alpha value is -2.91. The third-order valence-corrected chi connectivity index (χ3v) is 4.43. The van der Waals surface area contributed by atoms with Crippen molar-refractivity contribution in [3.8, 4) is 11.3 Å². The highest BCUT2D eigenvalue weighted by atomic mass is 16.5. The standard InChI is InChI=1S/C17H24N8O/c1-9-8-26-11(6-18)7-25(9)15-5-14(23-17(22)24-15)10-2-3-12(16(20)21)13(19)4-10/h2-5,9,11H,6-8,18-19H2,1H3,(H3,20,21)(H2,22,23,24). The zero-order valence-electron chi connectivity index (χ0n) is 14.6. The highest BCUT2D eigenvalue weighted by molar-refractivity contribution is 6.00. The number of nitrogens with two attached hydrogens (primary N) is 4. The zero-order chi connectivity index (χ0) is 18.8. The van der Waals surface area contributed by atoms with E-state index in [0.717, 1.165) is 11.4 Å². The molecule has 1 aliphatic rings. The molecule has 1 saturated heterocycles. The summed E-state index contributed by atoms with van der Waals surface area (Å²) in [6, 6.07) is 7.25. The molecule has 2 unspecified atom stereocenters. The molecule has 26 heavy (non-hydrogen) atoms. The molecule has 9 N–H and O–H groups in total. The van der Waals surface area contributed by atoms with Crippen LogP contribution in [-0.2, 0) is 4.74 Å². The predicted octanol–water partition coefficient (Wildman–Crippen LogP) is 0.144. The van der Waals surface area contributed by atoms with Gasteiger partial charge in [0.25, 0.3) is 0 Å². The van der Waals surface area contributed by atoms with Crippen molar-refractivity contribution in [2.45, 2.75) is 19.1 Å². The number of nitrogen functional groups attached to an aromatic ring is 3. The van der Waals surface area contributed by atoms with E-state index in [1.54, 1.807) is 12.1 Å². The van der Waals surface area contributed by atoms with Gasteiger partial charge in [-0.2, -0.15) is 4.98 Å². The number of hydrogen-bond donors (Lipinski definition) is 5. The highest BCUT2D eigenvalue weighted by Gasteiger charge is 2.27. The Morgan fingerprint density at radius 1 is 1.31 bits per heavy atom. The van der Waals surface area contributed by atoms with Gasteiger partial charge in [0.1, 0.15) is 11.7 Å². The first-order valence-corrected chi connectivity index (χ1v) is 8.36. The molecule has 138 valence electrons. The van der Waals surface area contributed by atoms with E-state index in [1.165, 1.54) is 0 Å². The number of morpholine rings is 1. The molecule has 9 nitrogen and oxygen atoms in total. The Bertz CT molecular complexity index is 824. The lowest BCUT2D eigenvalue weighted by Gasteiger charge is -2.38. The third-order valence-electron chi connectivity index (χ3n) is 4.43. The molecule has 0 amide bonds. The number of nitrogens with one attached hydrogen (secondary N) is 1. The number of aromatic nitrogens is 2. The van der Waals surface area contributed by atoms with E-state index in [9.17, 15) is 0 Å². The van der Waals surface area contributed by atoms with Gasteiger partial charge in [0.2, 0.25) is 5.95 Å². The largest absolute Gasteiger partial charge is 0.398 e. The average Bonchev–Trinajstić information content (AvgIpc) is 2.61. The second-order valence-electron chi connectivity index (χ2n) is 6.38. The summed E-state index contributed by atoms with van der Waals surface area (Å²) < 4.78 is 5.70. The van der Waals surface area contributed by atoms with Gasteiger partial charge < -0.3 is 32.6 Å². The van der Waals surface area contributed by atoms with Crippen LogP contribution in [0.4, 0.5) is 17.5 Å². The zero-order valence-corrected chi connectivity index (χ0v) is 14.6. The molecule has 1 aromatic heterocycles. The van der Waals surface area contributed by atoms with Crippen LogP contribution in [-0.4, -0.2) is 47.6 Å². The van der Waals surface area contributed by atoms with Crippen molar-refractivity contribution in [3.63, 3.8) is 0 Å². The van der Waals surface area contributed by atoms with Gasteiger partial charge in [-0.15, -0.1) is 0 Å². The normalized spacial score (nSPS) is 20.2. The van der Waals surface area contributed by atoms with E-state index < -0.39 is 0 Å². The van der Waals surface area contributed by atoms with Crippen LogP contribution in [0.3, 0.4) is 0 Å². The number of benzene rings is 1. The molecule has 0 radical (unpaired) electrons. The summed E-state index contributed by atoms with van der Waals surface area (Å²) in [7, 11) is 0. The van der Waals surface area contributed by atoms with Crippen LogP contribution in [0.25, 0.3) is 11.3 Å². The fraction of sp³-hybridized carbons (Fsp3) is 0.353. The molecule has 0 aliphatic carbocycles. The molecule has 2 heterocycles. The van der Waals surface area contributed by atoms with Crippen molar-refractivity contribution >= 4 is 23.3 Å². The topological polar surface area (TPSA) is 166 Å². The molecule has 9 heteroatoms. The van der Waals surface area contributed by atoms with Crippen molar-refractivity contribution in [2.75, 3.05) is 36.1 Å². The van der Waals surface area contributed by atoms with Crippen molar-refractivity contribution in [1.29, 1.82) is 5.41 Å². The quantitative estimate of drug-likeness (QED) is 0.293. The number of rotatable bonds is 4. The number of hydrogen-bond acceptors (Lipinski definition) is 8. The molecule has 0 saturated carbocycles. The van der Waals surface area contributed by atoms with E-state index in [1.807, 2.05) is 12.1 Å². The molecular formula is C17H24N8O. The maximum atomic E-state index is 7.54. The average molecular weight is 356 g/mol. The third kappa shape index (κ3) is 3.53. The molecule has 1 aliphatic heterocycles. The van der Waals surface area contributed by atoms with E-state index >= 15 is 0 Å². The van der Waals surface area contributed by atoms with Gasteiger partial charge in [-0.3, -0.25) is 5.41 Å². The van der Waals surface area contributed by atoms with Gasteiger partial charge in [0, 0.05) is 36.0 Å². The lowest BCUT2D eigenvalue weighted by Crippen LogP contribution is -2.51. The molecule has 0 spiro atoms. The molecule has 1 aromatic carbocycles. The van der Waals surface area contributed by atoms with Gasteiger partial charge in [-0.05, 0) is 19.1 Å². The Morgan fingerprint density at radius 3 is 2.73 bits per heavy atom. The van der Waals surface area contributed by atoms with Crippen LogP contribution in [0.5, 0.6) is 0 Å². The van der Waals surface area contributed by atoms with Gasteiger partial charge in [0.15, 0.2) is 0 Å². The smallest absolute Gasteiger partial charge is 0.222 e. The van der Waals surface area contributed by atoms with Gasteiger partial charge in [-0.25, -0.2) is 4.98 Å². The fourth-order valence-corrected chi connectivity index (χ4v) is 2.99. The molecule has 1 fully saturated rings. The first kappa shape index (κ1) is 17.9. The molecular weight excluding hydrogens is 332 g/mol. The van der Waals surface area contributed by atoms with Crippen LogP contribution in [0.15, 0.2) is 24.3 Å². The summed E-state index contributed by atoms with van der Waals surface area (Å²) in [5.41, 5.74) is 25.5. The minimum Gasteiger partial charge on any atom is -0.398 e. The number of anilines is 3. The Balaban J connectivity index is 1.98. The van der Waals surface area contributed by atoms with Crippen LogP contribution >= 0.6 is 0 Å². The number of nitrogens with zero attached hydrogens (tertiary/aromatic N) is 3. The van der Waals surface area contributed by atoms with Crippen LogP contribution < -0.4 is 27.8 Å². The summed E-state index contributed by atoms with van der Waals surface area (Å²) in [6.07, 6.45) is -0.0451. The van der Waals surface area contributed by atoms with Gasteiger partial charge in [0.05, 0.1) is 24.4 Å². The van der Waals surface area contributed by atoms with Crippen LogP contribution in [0.2, 0.25) is 0 Å². The molecule has 2 atom stereocenters. The minimum atomic E-state index is -0.0769. The first-order chi connectivity index (χ1) is 12.4. The lowest BCUT2D eigenvalue weighted by atomic mass is 10.1. The highest BCUT2D eigenvalue weighted by Crippen LogP contribution is 2.28. The Morgan fingerprint density at radius 2 is 2.08 bits per heavy atom. The second-order valence-corrected chi connectivity index (χ2v) is 6.38. The molecule has 2 aromatic rings. The summed E-state index contributed by atoms with van der Waals surface area (Å²) in [5.74, 6) is 0.817. The first-order valence-electron chi connectivity index (χ1n) is 8.36. The van der Waals surface area contributed by atoms with E-state index in [0.29, 0.717) is 36.6 Å². The summed E-state index contributed by atoms with van der Waals surface area (Å²) >= 11 is 0. The van der Waals surface area contributed by atoms with Gasteiger partial charge >= 0.3 is 0 Å². The minimum absolute atomic E-state index is 0.0451. The SMILES string of the molecule is CC1COC(CN)CN1c1cc(-c2ccc(C(=N)N)c(N)c2)nc(N)n1. The van der Waals surface area contributed by atoms with Crippen LogP contribution in [0, 0.1) is 5.41 Å². The Kier molecular flexibility index (Phi) is 4.92. The second kappa shape index (κ2) is 7.14. The molecule has 3 rings (SSSR count). The summed E-state index contributed by atoms with van der Waals surface area (Å²) in [6.45, 7) is 3.71. The van der Waals surface area contributed by atoms with Crippen molar-refractivity contribution in [2.24, 2.45) is 11.5 Å². The van der Waals surface area contributed by atoms with E-state index in [-0.39, 0.29) is 23.9 Å². The lowest BCUT2D eigenvalue weighted by molar-refractivity contribution is 0.0280. The number of ether oxygens (including phenoxy) is 1. The Labute approximate surface area is 151 Å². The monoisotopic (exact) mass is 356 g/mol. The fourth-order valence-electron chi connectivity index (χ4n) is 2.99. The maximum absolute atomic E-state index is 7.54. The van der Waals surface area contributed by atoms with Crippen molar-refractivity contribution < 1.29 is 4.74 Å². The summed E-state index contributed by atoms with van der Waals surface area (Å²) in [5, 5.41) is 7.54. The maximum Gasteiger partial charge on any atom is 0.222 e. The van der Waals surface area contributed by atoms with E-state index in [2.05, 4.69) is 21.8 Å². The van der Waals surface area contributed by atoms with Crippen molar-refractivity contribution in [3.05, 3.63) is 29.8 Å². The van der Waals surface area contributed by atoms with Crippen LogP contribution in [0.1, 0.15) is 12.5 Å². The van der Waals surface area contributed by atoms with Gasteiger partial charge in [-0.1, -0.05) is 6.07 Å². The van der Waals surface area contributed by atoms with Crippen molar-refractivity contribution in [1.82, 2.24) is 9.97 Å². The number of amidine groups is 1. The van der Waals surface area contributed by atoms with E-state index in [4.69, 9.17) is 33.1 Å². The predicted molar refractivity (Wildman–Crippen MR) is 103 cm³/mol.